The molecule has 2 aromatic heterocycles. The van der Waals surface area contributed by atoms with Gasteiger partial charge in [0.2, 0.25) is 0 Å². The molecule has 108 valence electrons. The van der Waals surface area contributed by atoms with Crippen molar-refractivity contribution in [3.63, 3.8) is 0 Å². The summed E-state index contributed by atoms with van der Waals surface area (Å²) in [7, 11) is 0. The topological polar surface area (TPSA) is 41.6 Å². The molecule has 3 nitrogen and oxygen atoms in total. The summed E-state index contributed by atoms with van der Waals surface area (Å²) >= 11 is 0. The molecule has 4 aromatic rings. The second kappa shape index (κ2) is 4.63. The smallest absolute Gasteiger partial charge is 0.124 e. The molecule has 0 aliphatic carbocycles. The molecule has 22 heavy (non-hydrogen) atoms. The Balaban J connectivity index is 1.98. The lowest BCUT2D eigenvalue weighted by Gasteiger charge is -2.03. The van der Waals surface area contributed by atoms with Crippen LogP contribution in [0.5, 0.6) is 0 Å². The largest absolute Gasteiger partial charge is 0.360 e. The number of nitrogens with one attached hydrogen (secondary N) is 1. The van der Waals surface area contributed by atoms with Gasteiger partial charge in [0.15, 0.2) is 0 Å². The number of rotatable bonds is 1. The average Bonchev–Trinajstić information content (AvgIpc) is 2.90. The molecule has 0 atom stereocenters. The molecular weight excluding hydrogens is 277 g/mol. The van der Waals surface area contributed by atoms with E-state index in [9.17, 15) is 4.39 Å². The molecule has 0 saturated carbocycles. The van der Waals surface area contributed by atoms with Crippen molar-refractivity contribution in [1.29, 1.82) is 0 Å². The molecule has 4 rings (SSSR count). The first kappa shape index (κ1) is 13.0. The van der Waals surface area contributed by atoms with Gasteiger partial charge < -0.3 is 4.98 Å². The monoisotopic (exact) mass is 291 g/mol. The summed E-state index contributed by atoms with van der Waals surface area (Å²) in [4.78, 5) is 12.3. The van der Waals surface area contributed by atoms with Gasteiger partial charge in [-0.05, 0) is 49.2 Å². The summed E-state index contributed by atoms with van der Waals surface area (Å²) in [6.07, 6.45) is 3.60. The maximum absolute atomic E-state index is 13.7. The lowest BCUT2D eigenvalue weighted by atomic mass is 10.1. The molecule has 0 bridgehead atoms. The molecule has 0 spiro atoms. The zero-order chi connectivity index (χ0) is 15.3. The fraction of sp³-hybridized carbons (Fsp3) is 0.111. The van der Waals surface area contributed by atoms with Crippen LogP contribution in [0.25, 0.3) is 33.2 Å². The molecule has 0 fully saturated rings. The maximum atomic E-state index is 13.7. The van der Waals surface area contributed by atoms with Gasteiger partial charge in [0.25, 0.3) is 0 Å². The number of halogens is 1. The van der Waals surface area contributed by atoms with E-state index in [1.54, 1.807) is 6.20 Å². The highest BCUT2D eigenvalue weighted by atomic mass is 19.1. The molecular formula is C18H14FN3. The van der Waals surface area contributed by atoms with Gasteiger partial charge >= 0.3 is 0 Å². The average molecular weight is 291 g/mol. The second-order valence-corrected chi connectivity index (χ2v) is 5.60. The summed E-state index contributed by atoms with van der Waals surface area (Å²) in [5.74, 6) is -0.240. The Morgan fingerprint density at radius 3 is 2.77 bits per heavy atom. The van der Waals surface area contributed by atoms with Crippen molar-refractivity contribution in [2.75, 3.05) is 0 Å². The van der Waals surface area contributed by atoms with Gasteiger partial charge in [-0.15, -0.1) is 0 Å². The molecule has 0 radical (unpaired) electrons. The number of aromatic amines is 1. The summed E-state index contributed by atoms with van der Waals surface area (Å²) < 4.78 is 13.7. The normalized spacial score (nSPS) is 11.4. The van der Waals surface area contributed by atoms with Crippen LogP contribution in [0, 0.1) is 19.7 Å². The summed E-state index contributed by atoms with van der Waals surface area (Å²) in [6, 6.07) is 9.04. The van der Waals surface area contributed by atoms with Crippen molar-refractivity contribution in [3.8, 4) is 11.3 Å². The number of aryl methyl sites for hydroxylation is 2. The summed E-state index contributed by atoms with van der Waals surface area (Å²) in [6.45, 7) is 3.92. The molecule has 0 aliphatic rings. The Bertz CT molecular complexity index is 1020. The van der Waals surface area contributed by atoms with Gasteiger partial charge in [0, 0.05) is 22.7 Å². The van der Waals surface area contributed by atoms with Gasteiger partial charge in [-0.3, -0.25) is 4.98 Å². The lowest BCUT2D eigenvalue weighted by molar-refractivity contribution is 0.628. The Hall–Kier alpha value is -2.75. The Morgan fingerprint density at radius 2 is 1.91 bits per heavy atom. The first-order valence-electron chi connectivity index (χ1n) is 7.13. The van der Waals surface area contributed by atoms with E-state index < -0.39 is 0 Å². The molecule has 2 aromatic carbocycles. The molecule has 0 saturated heterocycles. The van der Waals surface area contributed by atoms with Crippen molar-refractivity contribution >= 4 is 21.9 Å². The highest BCUT2D eigenvalue weighted by Crippen LogP contribution is 2.30. The van der Waals surface area contributed by atoms with Crippen molar-refractivity contribution < 1.29 is 4.39 Å². The predicted molar refractivity (Wildman–Crippen MR) is 86.3 cm³/mol. The maximum Gasteiger partial charge on any atom is 0.124 e. The predicted octanol–water partition coefficient (Wildman–Crippen LogP) is 4.53. The van der Waals surface area contributed by atoms with E-state index in [0.29, 0.717) is 0 Å². The number of H-pyrrole nitrogens is 1. The van der Waals surface area contributed by atoms with Crippen molar-refractivity contribution in [3.05, 3.63) is 59.7 Å². The molecule has 1 N–H and O–H groups in total. The third kappa shape index (κ3) is 1.96. The van der Waals surface area contributed by atoms with Crippen molar-refractivity contribution in [2.24, 2.45) is 0 Å². The van der Waals surface area contributed by atoms with Crippen LogP contribution < -0.4 is 0 Å². The van der Waals surface area contributed by atoms with E-state index in [4.69, 9.17) is 0 Å². The fourth-order valence-electron chi connectivity index (χ4n) is 2.83. The van der Waals surface area contributed by atoms with Crippen LogP contribution in [0.2, 0.25) is 0 Å². The Kier molecular flexibility index (Phi) is 2.73. The molecule has 2 heterocycles. The van der Waals surface area contributed by atoms with Crippen LogP contribution >= 0.6 is 0 Å². The van der Waals surface area contributed by atoms with Crippen LogP contribution in [-0.4, -0.2) is 15.0 Å². The Labute approximate surface area is 126 Å². The van der Waals surface area contributed by atoms with Crippen LogP contribution in [0.4, 0.5) is 4.39 Å². The van der Waals surface area contributed by atoms with Gasteiger partial charge in [0.1, 0.15) is 5.82 Å². The van der Waals surface area contributed by atoms with Crippen molar-refractivity contribution in [2.45, 2.75) is 13.8 Å². The van der Waals surface area contributed by atoms with E-state index >= 15 is 0 Å². The second-order valence-electron chi connectivity index (χ2n) is 5.60. The van der Waals surface area contributed by atoms with E-state index in [2.05, 4.69) is 15.0 Å². The SMILES string of the molecule is Cc1ccc2ncc(-c3c[nH]c4c(C)cc(F)cc34)nc2c1. The first-order valence-corrected chi connectivity index (χ1v) is 7.13. The van der Waals surface area contributed by atoms with Crippen molar-refractivity contribution in [1.82, 2.24) is 15.0 Å². The standard InChI is InChI=1S/C18H14FN3/c1-10-3-4-15-16(5-10)22-17(9-20-15)14-8-21-18-11(2)6-12(19)7-13(14)18/h3-9,21H,1-2H3. The molecule has 0 amide bonds. The van der Waals surface area contributed by atoms with Gasteiger partial charge in [0.05, 0.1) is 22.9 Å². The zero-order valence-corrected chi connectivity index (χ0v) is 12.3. The van der Waals surface area contributed by atoms with Gasteiger partial charge in [-0.25, -0.2) is 9.37 Å². The molecule has 0 aliphatic heterocycles. The van der Waals surface area contributed by atoms with Gasteiger partial charge in [-0.2, -0.15) is 0 Å². The minimum absolute atomic E-state index is 0.240. The fourth-order valence-corrected chi connectivity index (χ4v) is 2.83. The number of benzene rings is 2. The minimum Gasteiger partial charge on any atom is -0.360 e. The third-order valence-corrected chi connectivity index (χ3v) is 3.93. The zero-order valence-electron chi connectivity index (χ0n) is 12.3. The van der Waals surface area contributed by atoms with Crippen LogP contribution in [0.1, 0.15) is 11.1 Å². The number of nitrogens with zero attached hydrogens (tertiary/aromatic N) is 2. The number of aromatic nitrogens is 3. The van der Waals surface area contributed by atoms with E-state index in [-0.39, 0.29) is 5.82 Å². The Morgan fingerprint density at radius 1 is 1.05 bits per heavy atom. The van der Waals surface area contributed by atoms with Crippen LogP contribution in [-0.2, 0) is 0 Å². The lowest BCUT2D eigenvalue weighted by Crippen LogP contribution is -1.89. The highest BCUT2D eigenvalue weighted by molar-refractivity contribution is 5.96. The third-order valence-electron chi connectivity index (χ3n) is 3.93. The minimum atomic E-state index is -0.240. The molecule has 0 unspecified atom stereocenters. The van der Waals surface area contributed by atoms with E-state index in [1.807, 2.05) is 38.2 Å². The summed E-state index contributed by atoms with van der Waals surface area (Å²) in [5.41, 5.74) is 6.27. The summed E-state index contributed by atoms with van der Waals surface area (Å²) in [5, 5.41) is 0.832. The molecule has 4 heteroatoms. The quantitative estimate of drug-likeness (QED) is 0.559. The van der Waals surface area contributed by atoms with Crippen LogP contribution in [0.3, 0.4) is 0 Å². The van der Waals surface area contributed by atoms with Crippen LogP contribution in [0.15, 0.2) is 42.7 Å². The number of fused-ring (bicyclic) bond motifs is 2. The number of hydrogen-bond acceptors (Lipinski definition) is 2. The van der Waals surface area contributed by atoms with Gasteiger partial charge in [-0.1, -0.05) is 6.07 Å². The first-order chi connectivity index (χ1) is 10.6. The van der Waals surface area contributed by atoms with E-state index in [0.717, 1.165) is 44.3 Å². The number of hydrogen-bond donors (Lipinski definition) is 1. The highest BCUT2D eigenvalue weighted by Gasteiger charge is 2.11. The van der Waals surface area contributed by atoms with E-state index in [1.165, 1.54) is 12.1 Å².